The third kappa shape index (κ3) is 5.79. The van der Waals surface area contributed by atoms with Crippen molar-refractivity contribution in [2.75, 3.05) is 5.75 Å². The van der Waals surface area contributed by atoms with Gasteiger partial charge in [-0.1, -0.05) is 35.9 Å². The molecule has 0 unspecified atom stereocenters. The minimum atomic E-state index is -0.104. The summed E-state index contributed by atoms with van der Waals surface area (Å²) in [5.74, 6) is 1.10. The van der Waals surface area contributed by atoms with Crippen molar-refractivity contribution in [1.82, 2.24) is 10.4 Å². The van der Waals surface area contributed by atoms with E-state index < -0.39 is 0 Å². The first-order valence-electron chi connectivity index (χ1n) is 6.59. The maximum Gasteiger partial charge on any atom is 0.250 e. The summed E-state index contributed by atoms with van der Waals surface area (Å²) in [4.78, 5) is 15.6. The number of carbonyl (C=O) groups excluding carboxylic acids is 1. The number of carbonyl (C=O) groups is 1. The number of amides is 1. The van der Waals surface area contributed by atoms with E-state index in [4.69, 9.17) is 0 Å². The molecule has 2 rings (SSSR count). The second-order valence-corrected chi connectivity index (χ2v) is 5.54. The second-order valence-electron chi connectivity index (χ2n) is 4.56. The monoisotopic (exact) mass is 299 g/mol. The molecular weight excluding hydrogens is 282 g/mol. The van der Waals surface area contributed by atoms with E-state index in [2.05, 4.69) is 46.7 Å². The number of hydrogen-bond donors (Lipinski definition) is 1. The van der Waals surface area contributed by atoms with Crippen LogP contribution in [0.3, 0.4) is 0 Å². The standard InChI is InChI=1S/C16H17N3OS/c1-13-4-6-14(7-5-13)11-21-12-16(20)19-18-10-15-3-2-8-17-9-15/h2-10H,11-12H2,1H3,(H,19,20)/b18-10+. The van der Waals surface area contributed by atoms with Crippen molar-refractivity contribution < 1.29 is 4.79 Å². The zero-order valence-corrected chi connectivity index (χ0v) is 12.6. The Morgan fingerprint density at radius 3 is 2.86 bits per heavy atom. The zero-order chi connectivity index (χ0) is 14.9. The largest absolute Gasteiger partial charge is 0.272 e. The van der Waals surface area contributed by atoms with Crippen molar-refractivity contribution in [3.8, 4) is 0 Å². The van der Waals surface area contributed by atoms with Gasteiger partial charge in [0.2, 0.25) is 5.91 Å². The van der Waals surface area contributed by atoms with Crippen LogP contribution in [0.1, 0.15) is 16.7 Å². The second kappa shape index (κ2) is 8.21. The van der Waals surface area contributed by atoms with Gasteiger partial charge in [-0.2, -0.15) is 5.10 Å². The third-order valence-electron chi connectivity index (χ3n) is 2.71. The van der Waals surface area contributed by atoms with Gasteiger partial charge in [0, 0.05) is 23.7 Å². The van der Waals surface area contributed by atoms with Crippen molar-refractivity contribution >= 4 is 23.9 Å². The minimum absolute atomic E-state index is 0.104. The summed E-state index contributed by atoms with van der Waals surface area (Å²) in [6, 6.07) is 12.0. The maximum absolute atomic E-state index is 11.6. The fourth-order valence-corrected chi connectivity index (χ4v) is 2.39. The summed E-state index contributed by atoms with van der Waals surface area (Å²) < 4.78 is 0. The zero-order valence-electron chi connectivity index (χ0n) is 11.8. The molecule has 1 aromatic carbocycles. The van der Waals surface area contributed by atoms with Gasteiger partial charge in [0.1, 0.15) is 0 Å². The molecule has 2 aromatic rings. The Morgan fingerprint density at radius 2 is 2.14 bits per heavy atom. The molecule has 1 amide bonds. The summed E-state index contributed by atoms with van der Waals surface area (Å²) >= 11 is 1.57. The molecule has 108 valence electrons. The summed E-state index contributed by atoms with van der Waals surface area (Å²) in [5.41, 5.74) is 5.82. The lowest BCUT2D eigenvalue weighted by atomic mass is 10.2. The number of benzene rings is 1. The van der Waals surface area contributed by atoms with E-state index in [9.17, 15) is 4.79 Å². The topological polar surface area (TPSA) is 54.4 Å². The molecule has 5 heteroatoms. The molecule has 1 N–H and O–H groups in total. The van der Waals surface area contributed by atoms with Gasteiger partial charge >= 0.3 is 0 Å². The summed E-state index contributed by atoms with van der Waals surface area (Å²) in [6.07, 6.45) is 4.95. The smallest absolute Gasteiger partial charge is 0.250 e. The Hall–Kier alpha value is -2.14. The average Bonchev–Trinajstić information content (AvgIpc) is 2.50. The number of thioether (sulfide) groups is 1. The highest BCUT2D eigenvalue weighted by Gasteiger charge is 2.00. The van der Waals surface area contributed by atoms with Gasteiger partial charge in [0.15, 0.2) is 0 Å². The van der Waals surface area contributed by atoms with Crippen LogP contribution in [0, 0.1) is 6.92 Å². The molecule has 0 aliphatic rings. The van der Waals surface area contributed by atoms with Crippen LogP contribution in [-0.2, 0) is 10.5 Å². The fourth-order valence-electron chi connectivity index (χ4n) is 1.61. The number of nitrogens with one attached hydrogen (secondary N) is 1. The van der Waals surface area contributed by atoms with Crippen LogP contribution < -0.4 is 5.43 Å². The number of rotatable bonds is 6. The van der Waals surface area contributed by atoms with Gasteiger partial charge in [0.25, 0.3) is 0 Å². The number of aromatic nitrogens is 1. The quantitative estimate of drug-likeness (QED) is 0.659. The Morgan fingerprint density at radius 1 is 1.33 bits per heavy atom. The van der Waals surface area contributed by atoms with E-state index >= 15 is 0 Å². The number of pyridine rings is 1. The Labute approximate surface area is 128 Å². The number of hydrogen-bond acceptors (Lipinski definition) is 4. The third-order valence-corrected chi connectivity index (χ3v) is 3.71. The number of aryl methyl sites for hydroxylation is 1. The number of nitrogens with zero attached hydrogens (tertiary/aromatic N) is 2. The lowest BCUT2D eigenvalue weighted by Crippen LogP contribution is -2.19. The van der Waals surface area contributed by atoms with Crippen LogP contribution in [0.25, 0.3) is 0 Å². The van der Waals surface area contributed by atoms with E-state index in [0.717, 1.165) is 11.3 Å². The lowest BCUT2D eigenvalue weighted by molar-refractivity contribution is -0.118. The van der Waals surface area contributed by atoms with Crippen molar-refractivity contribution in [3.63, 3.8) is 0 Å². The van der Waals surface area contributed by atoms with Gasteiger partial charge in [0.05, 0.1) is 12.0 Å². The highest BCUT2D eigenvalue weighted by molar-refractivity contribution is 7.99. The highest BCUT2D eigenvalue weighted by Crippen LogP contribution is 2.12. The molecule has 0 saturated heterocycles. The van der Waals surface area contributed by atoms with Crippen LogP contribution >= 0.6 is 11.8 Å². The molecular formula is C16H17N3OS. The van der Waals surface area contributed by atoms with Gasteiger partial charge in [-0.05, 0) is 18.6 Å². The molecule has 21 heavy (non-hydrogen) atoms. The molecule has 0 radical (unpaired) electrons. The summed E-state index contributed by atoms with van der Waals surface area (Å²) in [7, 11) is 0. The molecule has 1 aromatic heterocycles. The molecule has 0 fully saturated rings. The molecule has 4 nitrogen and oxygen atoms in total. The molecule has 0 atom stereocenters. The SMILES string of the molecule is Cc1ccc(CSCC(=O)N/N=C/c2cccnc2)cc1. The average molecular weight is 299 g/mol. The van der Waals surface area contributed by atoms with Crippen molar-refractivity contribution in [3.05, 3.63) is 65.5 Å². The van der Waals surface area contributed by atoms with Crippen molar-refractivity contribution in [2.45, 2.75) is 12.7 Å². The van der Waals surface area contributed by atoms with Crippen LogP contribution in [0.15, 0.2) is 53.9 Å². The molecule has 0 aliphatic carbocycles. The number of hydrazone groups is 1. The van der Waals surface area contributed by atoms with Gasteiger partial charge < -0.3 is 0 Å². The minimum Gasteiger partial charge on any atom is -0.272 e. The Bertz CT molecular complexity index is 597. The van der Waals surface area contributed by atoms with Crippen LogP contribution in [0.4, 0.5) is 0 Å². The molecule has 0 aliphatic heterocycles. The normalized spacial score (nSPS) is 10.7. The summed E-state index contributed by atoms with van der Waals surface area (Å²) in [6.45, 7) is 2.06. The van der Waals surface area contributed by atoms with Crippen molar-refractivity contribution in [1.29, 1.82) is 0 Å². The van der Waals surface area contributed by atoms with Crippen LogP contribution in [0.5, 0.6) is 0 Å². The first-order valence-corrected chi connectivity index (χ1v) is 7.75. The van der Waals surface area contributed by atoms with Crippen molar-refractivity contribution in [2.24, 2.45) is 5.10 Å². The van der Waals surface area contributed by atoms with E-state index in [1.54, 1.807) is 30.4 Å². The Balaban J connectivity index is 1.68. The van der Waals surface area contributed by atoms with Gasteiger partial charge in [-0.3, -0.25) is 9.78 Å². The van der Waals surface area contributed by atoms with E-state index in [-0.39, 0.29) is 5.91 Å². The fraction of sp³-hybridized carbons (Fsp3) is 0.188. The van der Waals surface area contributed by atoms with E-state index in [1.165, 1.54) is 11.1 Å². The van der Waals surface area contributed by atoms with E-state index in [0.29, 0.717) is 5.75 Å². The molecule has 0 spiro atoms. The van der Waals surface area contributed by atoms with Crippen LogP contribution in [-0.4, -0.2) is 22.9 Å². The Kier molecular flexibility index (Phi) is 5.97. The lowest BCUT2D eigenvalue weighted by Gasteiger charge is -2.02. The highest BCUT2D eigenvalue weighted by atomic mass is 32.2. The first-order chi connectivity index (χ1) is 10.2. The molecule has 0 bridgehead atoms. The molecule has 0 saturated carbocycles. The molecule has 1 heterocycles. The van der Waals surface area contributed by atoms with E-state index in [1.807, 2.05) is 12.1 Å². The van der Waals surface area contributed by atoms with Gasteiger partial charge in [-0.25, -0.2) is 5.43 Å². The first kappa shape index (κ1) is 15.3. The predicted octanol–water partition coefficient (Wildman–Crippen LogP) is 2.77. The maximum atomic E-state index is 11.6. The van der Waals surface area contributed by atoms with Crippen LogP contribution in [0.2, 0.25) is 0 Å². The van der Waals surface area contributed by atoms with Gasteiger partial charge in [-0.15, -0.1) is 11.8 Å². The predicted molar refractivity (Wildman–Crippen MR) is 87.3 cm³/mol. The summed E-state index contributed by atoms with van der Waals surface area (Å²) in [5, 5.41) is 3.90.